The highest BCUT2D eigenvalue weighted by molar-refractivity contribution is 5.79. The number of cyclic esters (lactones) is 1. The molecule has 2 fully saturated rings. The van der Waals surface area contributed by atoms with E-state index in [1.54, 1.807) is 28.0 Å². The van der Waals surface area contributed by atoms with Crippen molar-refractivity contribution in [1.82, 2.24) is 20.0 Å². The number of methoxy groups -OCH3 is 1. The third-order valence-electron chi connectivity index (χ3n) is 6.71. The lowest BCUT2D eigenvalue weighted by molar-refractivity contribution is -0.131. The van der Waals surface area contributed by atoms with E-state index < -0.39 is 36.0 Å². The molecule has 4 rings (SSSR count). The monoisotopic (exact) mass is 531 g/mol. The molecule has 2 unspecified atom stereocenters. The predicted molar refractivity (Wildman–Crippen MR) is 136 cm³/mol. The largest absolute Gasteiger partial charge is 0.453 e. The number of nitrogens with two attached hydrogens (primary N) is 1. The van der Waals surface area contributed by atoms with E-state index in [2.05, 4.69) is 10.1 Å². The van der Waals surface area contributed by atoms with Gasteiger partial charge in [0.05, 0.1) is 26.2 Å². The minimum atomic E-state index is -0.845. The smallest absolute Gasteiger partial charge is 0.410 e. The molecule has 2 saturated heterocycles. The number of hydrogen-bond acceptors (Lipinski definition) is 7. The van der Waals surface area contributed by atoms with Gasteiger partial charge in [0.15, 0.2) is 0 Å². The third kappa shape index (κ3) is 6.24. The predicted octanol–water partition coefficient (Wildman–Crippen LogP) is 2.80. The number of hydrogen-bond donors (Lipinski definition) is 2. The van der Waals surface area contributed by atoms with Crippen molar-refractivity contribution in [3.05, 3.63) is 59.3 Å². The van der Waals surface area contributed by atoms with Gasteiger partial charge in [-0.25, -0.2) is 18.4 Å². The molecule has 10 nitrogen and oxygen atoms in total. The third-order valence-corrected chi connectivity index (χ3v) is 6.71. The number of allylic oxidation sites excluding steroid dienone is 1. The fourth-order valence-electron chi connectivity index (χ4n) is 4.69. The van der Waals surface area contributed by atoms with Gasteiger partial charge < -0.3 is 30.3 Å². The molecule has 1 aromatic carbocycles. The van der Waals surface area contributed by atoms with Gasteiger partial charge in [-0.15, -0.1) is 0 Å². The van der Waals surface area contributed by atoms with Crippen molar-refractivity contribution in [3.63, 3.8) is 0 Å². The van der Waals surface area contributed by atoms with E-state index in [1.807, 2.05) is 18.2 Å². The molecular formula is C26H31F2N5O5. The number of amides is 3. The van der Waals surface area contributed by atoms with E-state index in [-0.39, 0.29) is 50.6 Å². The Balaban J connectivity index is 1.29. The average molecular weight is 532 g/mol. The first kappa shape index (κ1) is 27.0. The van der Waals surface area contributed by atoms with Crippen molar-refractivity contribution in [3.8, 4) is 0 Å². The number of nitrogen functional groups attached to an aromatic ring is 1. The Hall–Kier alpha value is -4.09. The fraction of sp³-hybridized carbons (Fsp3) is 0.423. The fourth-order valence-corrected chi connectivity index (χ4v) is 4.69. The van der Waals surface area contributed by atoms with E-state index in [9.17, 15) is 14.4 Å². The lowest BCUT2D eigenvalue weighted by Gasteiger charge is -2.38. The summed E-state index contributed by atoms with van der Waals surface area (Å²) < 4.78 is 39.9. The molecule has 0 aromatic heterocycles. The Kier molecular flexibility index (Phi) is 8.49. The van der Waals surface area contributed by atoms with Crippen molar-refractivity contribution in [1.29, 1.82) is 0 Å². The van der Waals surface area contributed by atoms with Gasteiger partial charge in [0.1, 0.15) is 23.5 Å². The van der Waals surface area contributed by atoms with Gasteiger partial charge in [0.2, 0.25) is 5.91 Å². The van der Waals surface area contributed by atoms with Crippen LogP contribution in [0.1, 0.15) is 18.4 Å². The van der Waals surface area contributed by atoms with Crippen LogP contribution in [0.25, 0.3) is 6.08 Å². The molecule has 2 heterocycles. The summed E-state index contributed by atoms with van der Waals surface area (Å²) in [5.74, 6) is -1.50. The molecule has 3 N–H and O–H groups in total. The van der Waals surface area contributed by atoms with Crippen LogP contribution in [-0.2, 0) is 14.3 Å². The Morgan fingerprint density at radius 3 is 2.63 bits per heavy atom. The molecule has 3 amide bonds. The standard InChI is InChI=1S/C26H31F2N5O5/c1-37-25(35)30-15-19-16-33(26(36)38-19)18-13-20(27)24(21(28)14-18)32-11-9-31(10-12-32)23(34)8-4-6-17-5-2-3-7-22(17)29/h2-7,13,18-19H,8-12,14-16,29H2,1H3,(H,30,35)/b6-4+. The van der Waals surface area contributed by atoms with Crippen molar-refractivity contribution in [2.24, 2.45) is 0 Å². The zero-order valence-corrected chi connectivity index (χ0v) is 21.1. The maximum Gasteiger partial charge on any atom is 0.410 e. The molecule has 3 aliphatic rings. The van der Waals surface area contributed by atoms with E-state index in [0.29, 0.717) is 18.8 Å². The SMILES string of the molecule is COC(=O)NCC1CN(C2C=C(F)C(N3CCN(C(=O)C/C=C/c4ccccc4N)CC3)=C(F)C2)C(=O)O1. The quantitative estimate of drug-likeness (QED) is 0.520. The number of halogens is 2. The van der Waals surface area contributed by atoms with Gasteiger partial charge in [-0.1, -0.05) is 30.4 Å². The minimum absolute atomic E-state index is 0.0243. The summed E-state index contributed by atoms with van der Waals surface area (Å²) in [4.78, 5) is 40.6. The van der Waals surface area contributed by atoms with Crippen LogP contribution < -0.4 is 11.1 Å². The number of rotatable bonds is 7. The van der Waals surface area contributed by atoms with Crippen molar-refractivity contribution in [2.75, 3.05) is 52.1 Å². The lowest BCUT2D eigenvalue weighted by Crippen LogP contribution is -2.49. The van der Waals surface area contributed by atoms with Crippen LogP contribution in [-0.4, -0.2) is 91.3 Å². The second-order valence-corrected chi connectivity index (χ2v) is 9.17. The van der Waals surface area contributed by atoms with Crippen LogP contribution in [0.2, 0.25) is 0 Å². The van der Waals surface area contributed by atoms with Crippen LogP contribution in [0.15, 0.2) is 53.8 Å². The number of para-hydroxylation sites is 1. The molecule has 0 saturated carbocycles. The van der Waals surface area contributed by atoms with E-state index in [1.165, 1.54) is 18.1 Å². The normalized spacial score (nSPS) is 22.0. The first-order valence-electron chi connectivity index (χ1n) is 12.4. The molecule has 0 radical (unpaired) electrons. The van der Waals surface area contributed by atoms with Gasteiger partial charge in [0, 0.05) is 44.7 Å². The molecule has 0 spiro atoms. The molecule has 1 aromatic rings. The molecule has 2 atom stereocenters. The Labute approximate surface area is 219 Å². The Morgan fingerprint density at radius 2 is 1.95 bits per heavy atom. The number of nitrogens with one attached hydrogen (secondary N) is 1. The summed E-state index contributed by atoms with van der Waals surface area (Å²) in [5.41, 5.74) is 7.23. The molecule has 2 aliphatic heterocycles. The number of benzene rings is 1. The first-order valence-corrected chi connectivity index (χ1v) is 12.4. The van der Waals surface area contributed by atoms with E-state index in [4.69, 9.17) is 10.5 Å². The highest BCUT2D eigenvalue weighted by atomic mass is 19.1. The number of piperazine rings is 1. The molecule has 12 heteroatoms. The zero-order chi connectivity index (χ0) is 27.2. The summed E-state index contributed by atoms with van der Waals surface area (Å²) in [6, 6.07) is 6.51. The van der Waals surface area contributed by atoms with Gasteiger partial charge in [-0.2, -0.15) is 0 Å². The van der Waals surface area contributed by atoms with E-state index in [0.717, 1.165) is 5.56 Å². The molecule has 38 heavy (non-hydrogen) atoms. The van der Waals surface area contributed by atoms with Crippen molar-refractivity contribution < 1.29 is 32.6 Å². The summed E-state index contributed by atoms with van der Waals surface area (Å²) >= 11 is 0. The number of nitrogens with zero attached hydrogens (tertiary/aromatic N) is 3. The zero-order valence-electron chi connectivity index (χ0n) is 21.1. The summed E-state index contributed by atoms with van der Waals surface area (Å²) in [6.45, 7) is 1.33. The Bertz CT molecular complexity index is 1160. The summed E-state index contributed by atoms with van der Waals surface area (Å²) in [7, 11) is 1.21. The number of ether oxygens (including phenoxy) is 2. The van der Waals surface area contributed by atoms with Crippen LogP contribution in [0, 0.1) is 0 Å². The Morgan fingerprint density at radius 1 is 1.21 bits per heavy atom. The maximum atomic E-state index is 15.1. The number of carbonyl (C=O) groups is 3. The van der Waals surface area contributed by atoms with Crippen LogP contribution in [0.5, 0.6) is 0 Å². The highest BCUT2D eigenvalue weighted by Gasteiger charge is 2.39. The number of anilines is 1. The maximum absolute atomic E-state index is 15.1. The van der Waals surface area contributed by atoms with Crippen molar-refractivity contribution in [2.45, 2.75) is 25.0 Å². The second kappa shape index (κ2) is 12.0. The summed E-state index contributed by atoms with van der Waals surface area (Å²) in [5, 5.41) is 2.44. The van der Waals surface area contributed by atoms with Crippen molar-refractivity contribution >= 4 is 29.9 Å². The minimum Gasteiger partial charge on any atom is -0.453 e. The second-order valence-electron chi connectivity index (χ2n) is 9.17. The van der Waals surface area contributed by atoms with Gasteiger partial charge in [0.25, 0.3) is 0 Å². The van der Waals surface area contributed by atoms with Gasteiger partial charge in [-0.3, -0.25) is 9.69 Å². The van der Waals surface area contributed by atoms with Gasteiger partial charge in [-0.05, 0) is 17.7 Å². The van der Waals surface area contributed by atoms with E-state index >= 15 is 8.78 Å². The molecule has 0 bridgehead atoms. The number of carbonyl (C=O) groups excluding carboxylic acids is 3. The summed E-state index contributed by atoms with van der Waals surface area (Å²) in [6.07, 6.45) is 2.75. The highest BCUT2D eigenvalue weighted by Crippen LogP contribution is 2.34. The topological polar surface area (TPSA) is 117 Å². The lowest BCUT2D eigenvalue weighted by atomic mass is 10.0. The van der Waals surface area contributed by atoms with Crippen LogP contribution in [0.4, 0.5) is 24.1 Å². The first-order chi connectivity index (χ1) is 18.3. The average Bonchev–Trinajstić information content (AvgIpc) is 3.28. The number of alkyl carbamates (subject to hydrolysis) is 1. The molecule has 1 aliphatic carbocycles. The van der Waals surface area contributed by atoms with Crippen LogP contribution >= 0.6 is 0 Å². The molecular weight excluding hydrogens is 500 g/mol. The van der Waals surface area contributed by atoms with Gasteiger partial charge >= 0.3 is 12.2 Å². The van der Waals surface area contributed by atoms with Crippen LogP contribution in [0.3, 0.4) is 0 Å². The molecule has 204 valence electrons.